The van der Waals surface area contributed by atoms with Gasteiger partial charge in [0, 0.05) is 3.57 Å². The quantitative estimate of drug-likeness (QED) is 0.759. The molecule has 0 atom stereocenters. The first-order valence-electron chi connectivity index (χ1n) is 4.29. The zero-order valence-electron chi connectivity index (χ0n) is 7.58. The summed E-state index contributed by atoms with van der Waals surface area (Å²) in [6.07, 6.45) is 0. The maximum atomic E-state index is 12.0. The highest BCUT2D eigenvalue weighted by Gasteiger charge is 2.04. The van der Waals surface area contributed by atoms with Crippen LogP contribution in [0, 0.1) is 3.57 Å². The summed E-state index contributed by atoms with van der Waals surface area (Å²) in [4.78, 5) is 0. The van der Waals surface area contributed by atoms with Crippen molar-refractivity contribution in [2.75, 3.05) is 0 Å². The number of fused-ring (bicyclic) bond motifs is 1. The lowest BCUT2D eigenvalue weighted by molar-refractivity contribution is -0.0497. The summed E-state index contributed by atoms with van der Waals surface area (Å²) in [5, 5.41) is 1.91. The minimum Gasteiger partial charge on any atom is -0.435 e. The zero-order valence-corrected chi connectivity index (χ0v) is 9.74. The number of alkyl halides is 2. The van der Waals surface area contributed by atoms with E-state index in [4.69, 9.17) is 0 Å². The van der Waals surface area contributed by atoms with Crippen LogP contribution in [0.4, 0.5) is 8.78 Å². The van der Waals surface area contributed by atoms with Gasteiger partial charge in [0.15, 0.2) is 0 Å². The maximum Gasteiger partial charge on any atom is 0.387 e. The third-order valence-corrected chi connectivity index (χ3v) is 2.67. The third kappa shape index (κ3) is 2.56. The summed E-state index contributed by atoms with van der Waals surface area (Å²) < 4.78 is 29.3. The van der Waals surface area contributed by atoms with Gasteiger partial charge in [-0.05, 0) is 57.6 Å². The van der Waals surface area contributed by atoms with Gasteiger partial charge < -0.3 is 4.74 Å². The lowest BCUT2D eigenvalue weighted by Crippen LogP contribution is -2.01. The van der Waals surface area contributed by atoms with Crippen molar-refractivity contribution in [1.29, 1.82) is 0 Å². The molecule has 0 aromatic heterocycles. The van der Waals surface area contributed by atoms with Crippen LogP contribution in [0.1, 0.15) is 0 Å². The Hall–Kier alpha value is -0.910. The van der Waals surface area contributed by atoms with Crippen molar-refractivity contribution in [2.24, 2.45) is 0 Å². The van der Waals surface area contributed by atoms with Crippen LogP contribution in [0.3, 0.4) is 0 Å². The van der Waals surface area contributed by atoms with Gasteiger partial charge in [-0.1, -0.05) is 12.1 Å². The molecule has 0 aliphatic rings. The number of hydrogen-bond acceptors (Lipinski definition) is 1. The van der Waals surface area contributed by atoms with Crippen molar-refractivity contribution in [3.05, 3.63) is 40.0 Å². The molecule has 0 amide bonds. The van der Waals surface area contributed by atoms with Gasteiger partial charge in [-0.2, -0.15) is 8.78 Å². The van der Waals surface area contributed by atoms with Crippen LogP contribution in [0.15, 0.2) is 36.4 Å². The molecule has 0 bridgehead atoms. The van der Waals surface area contributed by atoms with Crippen LogP contribution in [-0.4, -0.2) is 6.61 Å². The molecule has 2 aromatic carbocycles. The van der Waals surface area contributed by atoms with Crippen molar-refractivity contribution < 1.29 is 13.5 Å². The highest BCUT2D eigenvalue weighted by atomic mass is 127. The lowest BCUT2D eigenvalue weighted by atomic mass is 10.1. The van der Waals surface area contributed by atoms with Gasteiger partial charge in [-0.25, -0.2) is 0 Å². The maximum absolute atomic E-state index is 12.0. The predicted octanol–water partition coefficient (Wildman–Crippen LogP) is 4.05. The van der Waals surface area contributed by atoms with Gasteiger partial charge in [-0.15, -0.1) is 0 Å². The third-order valence-electron chi connectivity index (χ3n) is 2.00. The Balaban J connectivity index is 2.45. The Morgan fingerprint density at radius 1 is 1.00 bits per heavy atom. The largest absolute Gasteiger partial charge is 0.435 e. The normalized spacial score (nSPS) is 10.9. The molecule has 4 heteroatoms. The number of hydrogen-bond donors (Lipinski definition) is 0. The second kappa shape index (κ2) is 4.30. The van der Waals surface area contributed by atoms with E-state index in [1.54, 1.807) is 18.2 Å². The van der Waals surface area contributed by atoms with Crippen LogP contribution in [0.25, 0.3) is 10.8 Å². The van der Waals surface area contributed by atoms with Crippen LogP contribution in [-0.2, 0) is 0 Å². The first-order valence-corrected chi connectivity index (χ1v) is 5.37. The van der Waals surface area contributed by atoms with E-state index in [1.807, 2.05) is 18.2 Å². The molecule has 78 valence electrons. The topological polar surface area (TPSA) is 9.23 Å². The van der Waals surface area contributed by atoms with E-state index in [-0.39, 0.29) is 5.75 Å². The van der Waals surface area contributed by atoms with E-state index in [2.05, 4.69) is 27.3 Å². The molecule has 0 aliphatic carbocycles. The lowest BCUT2D eigenvalue weighted by Gasteiger charge is -2.05. The SMILES string of the molecule is FC(F)Oc1ccc2ccc(I)cc2c1. The predicted molar refractivity (Wildman–Crippen MR) is 63.3 cm³/mol. The fourth-order valence-electron chi connectivity index (χ4n) is 1.37. The van der Waals surface area contributed by atoms with Crippen LogP contribution in [0.2, 0.25) is 0 Å². The summed E-state index contributed by atoms with van der Waals surface area (Å²) in [7, 11) is 0. The summed E-state index contributed by atoms with van der Waals surface area (Å²) in [6.45, 7) is -2.77. The minimum atomic E-state index is -2.77. The molecule has 1 nitrogen and oxygen atoms in total. The Bertz CT molecular complexity index is 485. The molecule has 15 heavy (non-hydrogen) atoms. The Morgan fingerprint density at radius 2 is 1.73 bits per heavy atom. The Kier molecular flexibility index (Phi) is 3.04. The van der Waals surface area contributed by atoms with Gasteiger partial charge in [-0.3, -0.25) is 0 Å². The molecule has 0 radical (unpaired) electrons. The van der Waals surface area contributed by atoms with Gasteiger partial charge in [0.2, 0.25) is 0 Å². The fraction of sp³-hybridized carbons (Fsp3) is 0.0909. The zero-order chi connectivity index (χ0) is 10.8. The highest BCUT2D eigenvalue weighted by molar-refractivity contribution is 14.1. The molecule has 0 saturated heterocycles. The van der Waals surface area contributed by atoms with Gasteiger partial charge in [0.1, 0.15) is 5.75 Å². The standard InChI is InChI=1S/C11H7F2IO/c12-11(13)15-10-4-2-7-1-3-9(14)5-8(7)6-10/h1-6,11H. The molecule has 0 unspecified atom stereocenters. The molecule has 0 aliphatic heterocycles. The average molecular weight is 320 g/mol. The molecule has 2 aromatic rings. The fourth-order valence-corrected chi connectivity index (χ4v) is 1.89. The highest BCUT2D eigenvalue weighted by Crippen LogP contribution is 2.23. The van der Waals surface area contributed by atoms with Gasteiger partial charge in [0.25, 0.3) is 0 Å². The summed E-state index contributed by atoms with van der Waals surface area (Å²) in [6, 6.07) is 10.8. The Morgan fingerprint density at radius 3 is 2.47 bits per heavy atom. The van der Waals surface area contributed by atoms with Crippen LogP contribution in [0.5, 0.6) is 5.75 Å². The molecule has 0 spiro atoms. The van der Waals surface area contributed by atoms with E-state index in [0.29, 0.717) is 0 Å². The van der Waals surface area contributed by atoms with Crippen molar-refractivity contribution in [2.45, 2.75) is 6.61 Å². The molecule has 2 rings (SSSR count). The number of benzene rings is 2. The van der Waals surface area contributed by atoms with Crippen LogP contribution >= 0.6 is 22.6 Å². The minimum absolute atomic E-state index is 0.194. The first kappa shape index (κ1) is 10.6. The Labute approximate surface area is 99.2 Å². The summed E-state index contributed by atoms with van der Waals surface area (Å²) >= 11 is 2.18. The second-order valence-electron chi connectivity index (χ2n) is 3.03. The van der Waals surface area contributed by atoms with E-state index < -0.39 is 6.61 Å². The molecular formula is C11H7F2IO. The van der Waals surface area contributed by atoms with Crippen molar-refractivity contribution in [3.8, 4) is 5.75 Å². The molecule has 0 N–H and O–H groups in total. The summed E-state index contributed by atoms with van der Waals surface area (Å²) in [5.74, 6) is 0.194. The van der Waals surface area contributed by atoms with Gasteiger partial charge >= 0.3 is 6.61 Å². The van der Waals surface area contributed by atoms with Crippen molar-refractivity contribution >= 4 is 33.4 Å². The van der Waals surface area contributed by atoms with Crippen molar-refractivity contribution in [3.63, 3.8) is 0 Å². The first-order chi connectivity index (χ1) is 7.15. The summed E-state index contributed by atoms with van der Waals surface area (Å²) in [5.41, 5.74) is 0. The smallest absolute Gasteiger partial charge is 0.387 e. The van der Waals surface area contributed by atoms with Crippen molar-refractivity contribution in [1.82, 2.24) is 0 Å². The van der Waals surface area contributed by atoms with Gasteiger partial charge in [0.05, 0.1) is 0 Å². The molecule has 0 saturated carbocycles. The number of ether oxygens (including phenoxy) is 1. The number of halogens is 3. The number of rotatable bonds is 2. The van der Waals surface area contributed by atoms with E-state index >= 15 is 0 Å². The second-order valence-corrected chi connectivity index (χ2v) is 4.28. The molecule has 0 heterocycles. The van der Waals surface area contributed by atoms with E-state index in [9.17, 15) is 8.78 Å². The monoisotopic (exact) mass is 320 g/mol. The average Bonchev–Trinajstić information content (AvgIpc) is 2.16. The van der Waals surface area contributed by atoms with E-state index in [0.717, 1.165) is 14.3 Å². The molecular weight excluding hydrogens is 313 g/mol. The van der Waals surface area contributed by atoms with Crippen LogP contribution < -0.4 is 4.74 Å². The van der Waals surface area contributed by atoms with E-state index in [1.165, 1.54) is 0 Å². The molecule has 0 fully saturated rings.